The Morgan fingerprint density at radius 1 is 0.468 bits per heavy atom. The summed E-state index contributed by atoms with van der Waals surface area (Å²) in [5.41, 5.74) is 5.74. The zero-order valence-corrected chi connectivity index (χ0v) is 29.0. The molecular weight excluding hydrogens is 582 g/mol. The van der Waals surface area contributed by atoms with E-state index in [1.165, 1.54) is 16.7 Å². The lowest BCUT2D eigenvalue weighted by atomic mass is 9.78. The molecule has 2 unspecified atom stereocenters. The van der Waals surface area contributed by atoms with Crippen molar-refractivity contribution in [3.8, 4) is 5.75 Å². The van der Waals surface area contributed by atoms with Crippen molar-refractivity contribution in [3.05, 3.63) is 125 Å². The normalized spacial score (nSPS) is 25.1. The minimum Gasteiger partial charge on any atom is -0.489 e. The fourth-order valence-corrected chi connectivity index (χ4v) is 6.79. The summed E-state index contributed by atoms with van der Waals surface area (Å²) < 4.78 is 31.4. The van der Waals surface area contributed by atoms with Crippen molar-refractivity contribution >= 4 is 25.2 Å². The van der Waals surface area contributed by atoms with Gasteiger partial charge in [0, 0.05) is 0 Å². The molecule has 3 fully saturated rings. The molecule has 1 aliphatic carbocycles. The van der Waals surface area contributed by atoms with Crippen LogP contribution >= 0.6 is 0 Å². The average Bonchev–Trinajstić information content (AvgIpc) is 3.68. The van der Waals surface area contributed by atoms with Gasteiger partial charge in [0.25, 0.3) is 0 Å². The van der Waals surface area contributed by atoms with Gasteiger partial charge in [0.2, 0.25) is 0 Å². The molecule has 4 aromatic rings. The van der Waals surface area contributed by atoms with Crippen LogP contribution in [0.25, 0.3) is 0 Å². The molecule has 0 N–H and O–H groups in total. The maximum absolute atomic E-state index is 6.33. The topological polar surface area (TPSA) is 46.2 Å². The molecule has 2 atom stereocenters. The lowest BCUT2D eigenvalue weighted by Crippen LogP contribution is -2.41. The Balaban J connectivity index is 1.13. The third-order valence-corrected chi connectivity index (χ3v) is 11.2. The van der Waals surface area contributed by atoms with Crippen molar-refractivity contribution < 1.29 is 23.4 Å². The molecule has 5 nitrogen and oxygen atoms in total. The summed E-state index contributed by atoms with van der Waals surface area (Å²) >= 11 is 0. The standard InChI is InChI=1S/C40H46B2O5/c1-37(2)38(3,4)45-41(44-37)31-20-14-28(15-21-31)34-35(29-16-22-32(23-17-29)42-46-39(5,6)40(7,8)47-42)36(34)30-18-24-33(25-19-30)43-26-27-12-10-9-11-13-27/h9-25,34-36H,26H2,1-8H3. The van der Waals surface area contributed by atoms with E-state index in [0.29, 0.717) is 24.4 Å². The first kappa shape index (κ1) is 32.2. The van der Waals surface area contributed by atoms with Crippen LogP contribution in [0.5, 0.6) is 5.75 Å². The predicted molar refractivity (Wildman–Crippen MR) is 190 cm³/mol. The monoisotopic (exact) mass is 628 g/mol. The van der Waals surface area contributed by atoms with Crippen LogP contribution in [-0.2, 0) is 25.2 Å². The van der Waals surface area contributed by atoms with Gasteiger partial charge < -0.3 is 23.4 Å². The van der Waals surface area contributed by atoms with Crippen molar-refractivity contribution in [1.29, 1.82) is 0 Å². The minimum absolute atomic E-state index is 0.348. The Kier molecular flexibility index (Phi) is 7.99. The maximum Gasteiger partial charge on any atom is 0.494 e. The van der Waals surface area contributed by atoms with Crippen LogP contribution in [0.2, 0.25) is 0 Å². The number of benzene rings is 4. The highest BCUT2D eigenvalue weighted by atomic mass is 16.7. The van der Waals surface area contributed by atoms with E-state index in [9.17, 15) is 0 Å². The predicted octanol–water partition coefficient (Wildman–Crippen LogP) is 7.53. The average molecular weight is 628 g/mol. The van der Waals surface area contributed by atoms with Crippen LogP contribution in [0.3, 0.4) is 0 Å². The van der Waals surface area contributed by atoms with Crippen molar-refractivity contribution in [2.45, 2.75) is 102 Å². The highest BCUT2D eigenvalue weighted by molar-refractivity contribution is 6.62. The quantitative estimate of drug-likeness (QED) is 0.189. The summed E-state index contributed by atoms with van der Waals surface area (Å²) in [5.74, 6) is 1.93. The highest BCUT2D eigenvalue weighted by Crippen LogP contribution is 2.66. The van der Waals surface area contributed by atoms with Crippen molar-refractivity contribution in [2.75, 3.05) is 0 Å². The third-order valence-electron chi connectivity index (χ3n) is 11.2. The van der Waals surface area contributed by atoms with E-state index in [2.05, 4.69) is 140 Å². The van der Waals surface area contributed by atoms with Gasteiger partial charge in [-0.05, 0) is 118 Å². The Morgan fingerprint density at radius 2 is 0.809 bits per heavy atom. The summed E-state index contributed by atoms with van der Waals surface area (Å²) in [4.78, 5) is 0. The van der Waals surface area contributed by atoms with Gasteiger partial charge in [-0.15, -0.1) is 0 Å². The molecule has 2 saturated heterocycles. The molecular formula is C40H46B2O5. The molecule has 0 aromatic heterocycles. The van der Waals surface area contributed by atoms with Gasteiger partial charge in [0.1, 0.15) is 12.4 Å². The van der Waals surface area contributed by atoms with E-state index < -0.39 is 0 Å². The first-order chi connectivity index (χ1) is 22.2. The summed E-state index contributed by atoms with van der Waals surface area (Å²) in [6, 6.07) is 36.7. The van der Waals surface area contributed by atoms with Crippen LogP contribution in [0.4, 0.5) is 0 Å². The van der Waals surface area contributed by atoms with Crippen LogP contribution in [-0.4, -0.2) is 36.6 Å². The molecule has 1 saturated carbocycles. The van der Waals surface area contributed by atoms with Gasteiger partial charge in [-0.1, -0.05) is 91.0 Å². The summed E-state index contributed by atoms with van der Waals surface area (Å²) in [6.07, 6.45) is 0. The zero-order chi connectivity index (χ0) is 33.2. The molecule has 0 bridgehead atoms. The number of ether oxygens (including phenoxy) is 1. The maximum atomic E-state index is 6.33. The van der Waals surface area contributed by atoms with Crippen molar-refractivity contribution in [3.63, 3.8) is 0 Å². The van der Waals surface area contributed by atoms with E-state index in [1.54, 1.807) is 0 Å². The second kappa shape index (κ2) is 11.7. The fraction of sp³-hybridized carbons (Fsp3) is 0.400. The van der Waals surface area contributed by atoms with Gasteiger partial charge >= 0.3 is 14.2 Å². The van der Waals surface area contributed by atoms with Gasteiger partial charge in [-0.3, -0.25) is 0 Å². The summed E-state index contributed by atoms with van der Waals surface area (Å²) in [6.45, 7) is 17.3. The van der Waals surface area contributed by atoms with Gasteiger partial charge in [-0.2, -0.15) is 0 Å². The van der Waals surface area contributed by atoms with Gasteiger partial charge in [0.15, 0.2) is 0 Å². The van der Waals surface area contributed by atoms with Crippen LogP contribution in [0.1, 0.15) is 95.4 Å². The van der Waals surface area contributed by atoms with E-state index in [4.69, 9.17) is 23.4 Å². The van der Waals surface area contributed by atoms with Gasteiger partial charge in [0.05, 0.1) is 22.4 Å². The zero-order valence-electron chi connectivity index (χ0n) is 29.0. The minimum atomic E-state index is -0.370. The van der Waals surface area contributed by atoms with Gasteiger partial charge in [-0.25, -0.2) is 0 Å². The first-order valence-electron chi connectivity index (χ1n) is 16.9. The molecule has 47 heavy (non-hydrogen) atoms. The van der Waals surface area contributed by atoms with Crippen molar-refractivity contribution in [2.24, 2.45) is 0 Å². The molecule has 2 aliphatic heterocycles. The van der Waals surface area contributed by atoms with Crippen LogP contribution in [0.15, 0.2) is 103 Å². The van der Waals surface area contributed by atoms with Crippen LogP contribution < -0.4 is 15.7 Å². The number of hydrogen-bond acceptors (Lipinski definition) is 5. The highest BCUT2D eigenvalue weighted by Gasteiger charge is 2.55. The molecule has 242 valence electrons. The molecule has 0 radical (unpaired) electrons. The Morgan fingerprint density at radius 3 is 1.17 bits per heavy atom. The van der Waals surface area contributed by atoms with E-state index in [0.717, 1.165) is 22.2 Å². The second-order valence-electron chi connectivity index (χ2n) is 15.4. The SMILES string of the molecule is CC1(C)OB(c2ccc(C3C(c4ccc(OCc5ccccc5)cc4)C3c3ccc(B4OC(C)(C)C(C)(C)O4)cc3)cc2)OC1(C)C. The Hall–Kier alpha value is -3.35. The number of hydrogen-bond donors (Lipinski definition) is 0. The third kappa shape index (κ3) is 6.08. The van der Waals surface area contributed by atoms with E-state index in [1.807, 2.05) is 18.2 Å². The lowest BCUT2D eigenvalue weighted by Gasteiger charge is -2.32. The smallest absolute Gasteiger partial charge is 0.489 e. The molecule has 0 spiro atoms. The molecule has 3 aliphatic rings. The first-order valence-corrected chi connectivity index (χ1v) is 16.9. The van der Waals surface area contributed by atoms with Crippen LogP contribution in [0, 0.1) is 0 Å². The Bertz CT molecular complexity index is 1580. The van der Waals surface area contributed by atoms with E-state index >= 15 is 0 Å². The summed E-state index contributed by atoms with van der Waals surface area (Å²) in [5, 5.41) is 0. The molecule has 2 heterocycles. The summed E-state index contributed by atoms with van der Waals surface area (Å²) in [7, 11) is -0.739. The molecule has 4 aromatic carbocycles. The molecule has 7 heteroatoms. The molecule has 7 rings (SSSR count). The molecule has 0 amide bonds. The Labute approximate surface area is 281 Å². The second-order valence-corrected chi connectivity index (χ2v) is 15.4. The lowest BCUT2D eigenvalue weighted by molar-refractivity contribution is 0.00578. The van der Waals surface area contributed by atoms with E-state index in [-0.39, 0.29) is 36.6 Å². The largest absolute Gasteiger partial charge is 0.494 e. The number of rotatable bonds is 8. The van der Waals surface area contributed by atoms with Crippen molar-refractivity contribution in [1.82, 2.24) is 0 Å². The fourth-order valence-electron chi connectivity index (χ4n) is 6.79.